The van der Waals surface area contributed by atoms with Gasteiger partial charge in [0.25, 0.3) is 5.91 Å². The summed E-state index contributed by atoms with van der Waals surface area (Å²) in [5.41, 5.74) is -0.714. The predicted octanol–water partition coefficient (Wildman–Crippen LogP) is 3.46. The molecule has 6 nitrogen and oxygen atoms in total. The molecule has 2 fully saturated rings. The number of amides is 4. The highest BCUT2D eigenvalue weighted by Crippen LogP contribution is 2.34. The zero-order valence-electron chi connectivity index (χ0n) is 17.2. The third-order valence-electron chi connectivity index (χ3n) is 6.18. The third kappa shape index (κ3) is 4.43. The van der Waals surface area contributed by atoms with Gasteiger partial charge in [0.2, 0.25) is 5.91 Å². The minimum Gasteiger partial charge on any atom is -0.352 e. The number of carbonyl (C=O) groups is 3. The summed E-state index contributed by atoms with van der Waals surface area (Å²) in [6, 6.07) is 5.11. The highest BCUT2D eigenvalue weighted by atomic mass is 19.1. The van der Waals surface area contributed by atoms with Crippen LogP contribution in [0.4, 0.5) is 9.18 Å². The van der Waals surface area contributed by atoms with E-state index in [0.717, 1.165) is 37.0 Å². The molecule has 7 heteroatoms. The molecule has 1 heterocycles. The van der Waals surface area contributed by atoms with Crippen molar-refractivity contribution in [3.05, 3.63) is 35.6 Å². The van der Waals surface area contributed by atoms with Gasteiger partial charge >= 0.3 is 6.03 Å². The quantitative estimate of drug-likeness (QED) is 0.685. The lowest BCUT2D eigenvalue weighted by Crippen LogP contribution is -2.48. The highest BCUT2D eigenvalue weighted by molar-refractivity contribution is 6.09. The SMILES string of the molecule is CCCC[C@]1(c2ccc(F)cc2)NC(=O)N(CC(=O)N[C@@H]2CCCC[C@@H]2C)C1=O. The number of urea groups is 1. The maximum atomic E-state index is 13.4. The van der Waals surface area contributed by atoms with E-state index >= 15 is 0 Å². The summed E-state index contributed by atoms with van der Waals surface area (Å²) in [5.74, 6) is -0.792. The van der Waals surface area contributed by atoms with Gasteiger partial charge in [-0.1, -0.05) is 51.7 Å². The fraction of sp³-hybridized carbons (Fsp3) is 0.591. The van der Waals surface area contributed by atoms with Crippen molar-refractivity contribution in [2.75, 3.05) is 6.54 Å². The van der Waals surface area contributed by atoms with Crippen molar-refractivity contribution in [3.8, 4) is 0 Å². The van der Waals surface area contributed by atoms with E-state index in [0.29, 0.717) is 24.3 Å². The number of rotatable bonds is 7. The second-order valence-corrected chi connectivity index (χ2v) is 8.27. The highest BCUT2D eigenvalue weighted by Gasteiger charge is 2.52. The Morgan fingerprint density at radius 2 is 1.93 bits per heavy atom. The molecular weight excluding hydrogens is 373 g/mol. The van der Waals surface area contributed by atoms with E-state index in [4.69, 9.17) is 0 Å². The van der Waals surface area contributed by atoms with Gasteiger partial charge in [0.05, 0.1) is 0 Å². The molecule has 3 atom stereocenters. The summed E-state index contributed by atoms with van der Waals surface area (Å²) in [6.45, 7) is 3.81. The molecule has 1 saturated heterocycles. The smallest absolute Gasteiger partial charge is 0.325 e. The molecular formula is C22H30FN3O3. The maximum Gasteiger partial charge on any atom is 0.325 e. The Kier molecular flexibility index (Phi) is 6.55. The lowest BCUT2D eigenvalue weighted by Gasteiger charge is -2.30. The number of imide groups is 1. The van der Waals surface area contributed by atoms with Gasteiger partial charge in [-0.15, -0.1) is 0 Å². The van der Waals surface area contributed by atoms with Gasteiger partial charge in [-0.05, 0) is 42.9 Å². The summed E-state index contributed by atoms with van der Waals surface area (Å²) >= 11 is 0. The van der Waals surface area contributed by atoms with Crippen molar-refractivity contribution < 1.29 is 18.8 Å². The molecule has 158 valence electrons. The first-order chi connectivity index (χ1) is 13.9. The maximum absolute atomic E-state index is 13.4. The van der Waals surface area contributed by atoms with E-state index in [2.05, 4.69) is 17.6 Å². The van der Waals surface area contributed by atoms with Crippen LogP contribution in [0.2, 0.25) is 0 Å². The first-order valence-electron chi connectivity index (χ1n) is 10.6. The molecule has 1 aromatic carbocycles. The largest absolute Gasteiger partial charge is 0.352 e. The Labute approximate surface area is 171 Å². The Balaban J connectivity index is 1.76. The summed E-state index contributed by atoms with van der Waals surface area (Å²) < 4.78 is 13.4. The van der Waals surface area contributed by atoms with Gasteiger partial charge in [-0.3, -0.25) is 14.5 Å². The van der Waals surface area contributed by atoms with Crippen molar-refractivity contribution in [2.24, 2.45) is 5.92 Å². The van der Waals surface area contributed by atoms with Gasteiger partial charge in [-0.25, -0.2) is 9.18 Å². The van der Waals surface area contributed by atoms with Crippen LogP contribution < -0.4 is 10.6 Å². The summed E-state index contributed by atoms with van der Waals surface area (Å²) in [7, 11) is 0. The lowest BCUT2D eigenvalue weighted by atomic mass is 9.84. The molecule has 0 bridgehead atoms. The lowest BCUT2D eigenvalue weighted by molar-refractivity contribution is -0.135. The normalized spacial score (nSPS) is 27.1. The number of hydrogen-bond donors (Lipinski definition) is 2. The Hall–Kier alpha value is -2.44. The van der Waals surface area contributed by atoms with Gasteiger partial charge in [0.1, 0.15) is 17.9 Å². The fourth-order valence-corrected chi connectivity index (χ4v) is 4.38. The standard InChI is InChI=1S/C22H30FN3O3/c1-3-4-13-22(16-9-11-17(23)12-10-16)20(28)26(21(29)25-22)14-19(27)24-18-8-6-5-7-15(18)2/h9-12,15,18H,3-8,13-14H2,1-2H3,(H,24,27)(H,25,29)/t15-,18+,22+/m0/s1. The summed E-state index contributed by atoms with van der Waals surface area (Å²) in [6.07, 6.45) is 6.18. The average molecular weight is 403 g/mol. The van der Waals surface area contributed by atoms with E-state index in [9.17, 15) is 18.8 Å². The average Bonchev–Trinajstić information content (AvgIpc) is 2.94. The molecule has 2 N–H and O–H groups in total. The molecule has 0 spiro atoms. The number of carbonyl (C=O) groups excluding carboxylic acids is 3. The number of unbranched alkanes of at least 4 members (excludes halogenated alkanes) is 1. The van der Waals surface area contributed by atoms with Crippen LogP contribution in [0.1, 0.15) is 64.4 Å². The molecule has 1 aliphatic heterocycles. The van der Waals surface area contributed by atoms with Crippen LogP contribution in [0.25, 0.3) is 0 Å². The molecule has 4 amide bonds. The van der Waals surface area contributed by atoms with Crippen molar-refractivity contribution >= 4 is 17.8 Å². The Morgan fingerprint density at radius 1 is 1.24 bits per heavy atom. The molecule has 29 heavy (non-hydrogen) atoms. The van der Waals surface area contributed by atoms with E-state index in [1.165, 1.54) is 24.3 Å². The van der Waals surface area contributed by atoms with E-state index < -0.39 is 23.3 Å². The monoisotopic (exact) mass is 403 g/mol. The number of nitrogens with zero attached hydrogens (tertiary/aromatic N) is 1. The number of hydrogen-bond acceptors (Lipinski definition) is 3. The van der Waals surface area contributed by atoms with Crippen LogP contribution in [0.15, 0.2) is 24.3 Å². The Morgan fingerprint density at radius 3 is 2.59 bits per heavy atom. The second kappa shape index (κ2) is 8.93. The third-order valence-corrected chi connectivity index (χ3v) is 6.18. The van der Waals surface area contributed by atoms with Gasteiger partial charge < -0.3 is 10.6 Å². The molecule has 3 rings (SSSR count). The second-order valence-electron chi connectivity index (χ2n) is 8.27. The minimum atomic E-state index is -1.25. The molecule has 1 aliphatic carbocycles. The van der Waals surface area contributed by atoms with Crippen LogP contribution >= 0.6 is 0 Å². The van der Waals surface area contributed by atoms with Gasteiger partial charge in [0.15, 0.2) is 0 Å². The topological polar surface area (TPSA) is 78.5 Å². The van der Waals surface area contributed by atoms with E-state index in [1.54, 1.807) is 0 Å². The zero-order valence-corrected chi connectivity index (χ0v) is 17.2. The van der Waals surface area contributed by atoms with Crippen molar-refractivity contribution in [2.45, 2.75) is 70.4 Å². The summed E-state index contributed by atoms with van der Waals surface area (Å²) in [4.78, 5) is 39.5. The number of benzene rings is 1. The first kappa shape index (κ1) is 21.3. The molecule has 0 unspecified atom stereocenters. The van der Waals surface area contributed by atoms with Crippen LogP contribution in [-0.4, -0.2) is 35.3 Å². The minimum absolute atomic E-state index is 0.0824. The van der Waals surface area contributed by atoms with E-state index in [1.807, 2.05) is 6.92 Å². The summed E-state index contributed by atoms with van der Waals surface area (Å²) in [5, 5.41) is 5.78. The number of halogens is 1. The molecule has 1 saturated carbocycles. The van der Waals surface area contributed by atoms with Crippen molar-refractivity contribution in [1.29, 1.82) is 0 Å². The van der Waals surface area contributed by atoms with Crippen molar-refractivity contribution in [1.82, 2.24) is 15.5 Å². The van der Waals surface area contributed by atoms with Crippen LogP contribution in [0.5, 0.6) is 0 Å². The zero-order chi connectivity index (χ0) is 21.0. The van der Waals surface area contributed by atoms with Gasteiger partial charge in [0, 0.05) is 6.04 Å². The molecule has 1 aromatic rings. The number of nitrogens with one attached hydrogen (secondary N) is 2. The van der Waals surface area contributed by atoms with Crippen LogP contribution in [0, 0.1) is 11.7 Å². The van der Waals surface area contributed by atoms with Crippen LogP contribution in [-0.2, 0) is 15.1 Å². The molecule has 2 aliphatic rings. The first-order valence-corrected chi connectivity index (χ1v) is 10.6. The Bertz CT molecular complexity index is 767. The van der Waals surface area contributed by atoms with E-state index in [-0.39, 0.29) is 18.5 Å². The van der Waals surface area contributed by atoms with Crippen molar-refractivity contribution in [3.63, 3.8) is 0 Å². The van der Waals surface area contributed by atoms with Crippen LogP contribution in [0.3, 0.4) is 0 Å². The predicted molar refractivity (Wildman–Crippen MR) is 107 cm³/mol. The fourth-order valence-electron chi connectivity index (χ4n) is 4.38. The van der Waals surface area contributed by atoms with Gasteiger partial charge in [-0.2, -0.15) is 0 Å². The molecule has 0 radical (unpaired) electrons. The molecule has 0 aromatic heterocycles.